The minimum atomic E-state index is -1.02. The van der Waals surface area contributed by atoms with E-state index >= 15 is 0 Å². The van der Waals surface area contributed by atoms with Crippen molar-refractivity contribution < 1.29 is 19.1 Å². The number of hydrogen-bond acceptors (Lipinski definition) is 2. The smallest absolute Gasteiger partial charge is 0.335 e. The van der Waals surface area contributed by atoms with Gasteiger partial charge in [-0.3, -0.25) is 4.79 Å². The van der Waals surface area contributed by atoms with Crippen LogP contribution in [0, 0.1) is 5.82 Å². The summed E-state index contributed by atoms with van der Waals surface area (Å²) in [6, 6.07) is 10.8. The molecule has 0 saturated heterocycles. The van der Waals surface area contributed by atoms with Gasteiger partial charge in [-0.25, -0.2) is 9.18 Å². The molecule has 5 heteroatoms. The van der Waals surface area contributed by atoms with E-state index in [0.29, 0.717) is 12.1 Å². The lowest BCUT2D eigenvalue weighted by Gasteiger charge is -2.09. The van der Waals surface area contributed by atoms with E-state index in [2.05, 4.69) is 5.32 Å². The second-order valence-corrected chi connectivity index (χ2v) is 5.80. The van der Waals surface area contributed by atoms with E-state index in [1.54, 1.807) is 24.3 Å². The molecule has 1 aliphatic heterocycles. The quantitative estimate of drug-likeness (QED) is 0.895. The molecule has 1 fully saturated rings. The van der Waals surface area contributed by atoms with Gasteiger partial charge in [0.05, 0.1) is 11.0 Å². The number of hydrogen-bond donors (Lipinski definition) is 2. The zero-order valence-corrected chi connectivity index (χ0v) is 11.5. The first-order chi connectivity index (χ1) is 10.5. The molecule has 0 unspecified atom stereocenters. The van der Waals surface area contributed by atoms with Gasteiger partial charge >= 0.3 is 5.97 Å². The van der Waals surface area contributed by atoms with Crippen molar-refractivity contribution >= 4 is 17.6 Å². The molecule has 2 aromatic carbocycles. The number of fused-ring (bicyclic) bond motifs is 2. The SMILES string of the molecule is O=C(O)c1ccc2c(c1)[C@]1(C[C@@H]1c1ccc(F)cc1)C(=O)N2. The first-order valence-electron chi connectivity index (χ1n) is 6.97. The molecular formula is C17H12FNO3. The van der Waals surface area contributed by atoms with Crippen molar-refractivity contribution in [3.05, 3.63) is 65.0 Å². The lowest BCUT2D eigenvalue weighted by molar-refractivity contribution is -0.118. The molecule has 2 N–H and O–H groups in total. The van der Waals surface area contributed by atoms with Gasteiger partial charge in [-0.05, 0) is 47.9 Å². The van der Waals surface area contributed by atoms with Crippen molar-refractivity contribution in [3.8, 4) is 0 Å². The van der Waals surface area contributed by atoms with E-state index in [0.717, 1.165) is 11.1 Å². The molecule has 1 aliphatic carbocycles. The van der Waals surface area contributed by atoms with E-state index < -0.39 is 11.4 Å². The second kappa shape index (κ2) is 4.16. The fraction of sp³-hybridized carbons (Fsp3) is 0.176. The Balaban J connectivity index is 1.79. The van der Waals surface area contributed by atoms with Crippen LogP contribution < -0.4 is 5.32 Å². The highest BCUT2D eigenvalue weighted by Crippen LogP contribution is 2.64. The third kappa shape index (κ3) is 1.62. The number of aromatic carboxylic acids is 1. The maximum atomic E-state index is 13.1. The topological polar surface area (TPSA) is 66.4 Å². The number of carbonyl (C=O) groups excluding carboxylic acids is 1. The van der Waals surface area contributed by atoms with Gasteiger partial charge in [-0.2, -0.15) is 0 Å². The minimum absolute atomic E-state index is 0.0432. The highest BCUT2D eigenvalue weighted by atomic mass is 19.1. The van der Waals surface area contributed by atoms with Crippen LogP contribution in [-0.4, -0.2) is 17.0 Å². The van der Waals surface area contributed by atoms with Crippen LogP contribution in [-0.2, 0) is 10.2 Å². The highest BCUT2D eigenvalue weighted by Gasteiger charge is 2.65. The van der Waals surface area contributed by atoms with Crippen molar-refractivity contribution in [2.75, 3.05) is 5.32 Å². The predicted octanol–water partition coefficient (Wildman–Crippen LogP) is 2.90. The van der Waals surface area contributed by atoms with Gasteiger partial charge in [-0.1, -0.05) is 12.1 Å². The number of carboxylic acids is 1. The highest BCUT2D eigenvalue weighted by molar-refractivity contribution is 6.10. The Hall–Kier alpha value is -2.69. The van der Waals surface area contributed by atoms with Crippen LogP contribution in [0.5, 0.6) is 0 Å². The summed E-state index contributed by atoms with van der Waals surface area (Å²) < 4.78 is 13.1. The lowest BCUT2D eigenvalue weighted by atomic mass is 9.91. The number of benzene rings is 2. The molecule has 2 aliphatic rings. The third-order valence-corrected chi connectivity index (χ3v) is 4.63. The molecule has 110 valence electrons. The minimum Gasteiger partial charge on any atom is -0.478 e. The third-order valence-electron chi connectivity index (χ3n) is 4.63. The molecule has 1 heterocycles. The summed E-state index contributed by atoms with van der Waals surface area (Å²) in [5.41, 5.74) is 1.74. The van der Waals surface area contributed by atoms with Crippen LogP contribution in [0.25, 0.3) is 0 Å². The van der Waals surface area contributed by atoms with Gasteiger partial charge in [0.25, 0.3) is 0 Å². The molecule has 0 aromatic heterocycles. The number of anilines is 1. The van der Waals surface area contributed by atoms with Crippen LogP contribution >= 0.6 is 0 Å². The maximum absolute atomic E-state index is 13.1. The van der Waals surface area contributed by atoms with Gasteiger partial charge < -0.3 is 10.4 Å². The summed E-state index contributed by atoms with van der Waals surface area (Å²) >= 11 is 0. The Kier molecular flexibility index (Phi) is 2.46. The number of amides is 1. The summed E-state index contributed by atoms with van der Waals surface area (Å²) in [7, 11) is 0. The van der Waals surface area contributed by atoms with E-state index in [1.165, 1.54) is 18.2 Å². The Morgan fingerprint density at radius 1 is 1.23 bits per heavy atom. The molecular weight excluding hydrogens is 285 g/mol. The average Bonchev–Trinajstić information content (AvgIpc) is 3.18. The standard InChI is InChI=1S/C17H12FNO3/c18-11-4-1-9(2-5-11)13-8-17(13)12-7-10(15(20)21)3-6-14(12)19-16(17)22/h1-7,13H,8H2,(H,19,22)(H,20,21)/t13-,17+/m1/s1. The van der Waals surface area contributed by atoms with Gasteiger partial charge in [0.15, 0.2) is 0 Å². The summed E-state index contributed by atoms with van der Waals surface area (Å²) in [5.74, 6) is -1.49. The van der Waals surface area contributed by atoms with Crippen molar-refractivity contribution in [1.29, 1.82) is 0 Å². The van der Waals surface area contributed by atoms with E-state index in [-0.39, 0.29) is 23.2 Å². The molecule has 4 rings (SSSR count). The fourth-order valence-electron chi connectivity index (χ4n) is 3.42. The molecule has 1 spiro atoms. The van der Waals surface area contributed by atoms with Crippen molar-refractivity contribution in [2.45, 2.75) is 17.8 Å². The zero-order chi connectivity index (χ0) is 15.5. The Bertz CT molecular complexity index is 815. The fourth-order valence-corrected chi connectivity index (χ4v) is 3.42. The van der Waals surface area contributed by atoms with Crippen LogP contribution in [0.4, 0.5) is 10.1 Å². The Morgan fingerprint density at radius 3 is 2.64 bits per heavy atom. The molecule has 1 amide bonds. The molecule has 4 nitrogen and oxygen atoms in total. The van der Waals surface area contributed by atoms with Crippen LogP contribution in [0.1, 0.15) is 33.8 Å². The number of carboxylic acid groups (broad SMARTS) is 1. The van der Waals surface area contributed by atoms with Gasteiger partial charge in [0.1, 0.15) is 5.82 Å². The van der Waals surface area contributed by atoms with Crippen molar-refractivity contribution in [1.82, 2.24) is 0 Å². The first-order valence-corrected chi connectivity index (χ1v) is 6.97. The zero-order valence-electron chi connectivity index (χ0n) is 11.5. The van der Waals surface area contributed by atoms with E-state index in [9.17, 15) is 14.0 Å². The monoisotopic (exact) mass is 297 g/mol. The molecule has 22 heavy (non-hydrogen) atoms. The van der Waals surface area contributed by atoms with E-state index in [1.807, 2.05) is 0 Å². The number of rotatable bonds is 2. The van der Waals surface area contributed by atoms with Gasteiger partial charge in [0.2, 0.25) is 5.91 Å². The lowest BCUT2D eigenvalue weighted by Crippen LogP contribution is -2.21. The summed E-state index contributed by atoms with van der Waals surface area (Å²) in [5, 5.41) is 12.0. The van der Waals surface area contributed by atoms with Crippen LogP contribution in [0.2, 0.25) is 0 Å². The number of carbonyl (C=O) groups is 2. The second-order valence-electron chi connectivity index (χ2n) is 5.80. The molecule has 1 saturated carbocycles. The van der Waals surface area contributed by atoms with Crippen molar-refractivity contribution in [2.24, 2.45) is 0 Å². The predicted molar refractivity (Wildman–Crippen MR) is 77.5 cm³/mol. The van der Waals surface area contributed by atoms with Crippen LogP contribution in [0.15, 0.2) is 42.5 Å². The van der Waals surface area contributed by atoms with Gasteiger partial charge in [0, 0.05) is 11.6 Å². The van der Waals surface area contributed by atoms with Crippen molar-refractivity contribution in [3.63, 3.8) is 0 Å². The Labute approximate surface area is 125 Å². The van der Waals surface area contributed by atoms with Gasteiger partial charge in [-0.15, -0.1) is 0 Å². The van der Waals surface area contributed by atoms with Crippen LogP contribution in [0.3, 0.4) is 0 Å². The molecule has 2 aromatic rings. The first kappa shape index (κ1) is 13.0. The number of nitrogens with one attached hydrogen (secondary N) is 1. The van der Waals surface area contributed by atoms with E-state index in [4.69, 9.17) is 5.11 Å². The largest absolute Gasteiger partial charge is 0.478 e. The Morgan fingerprint density at radius 2 is 1.95 bits per heavy atom. The summed E-state index contributed by atoms with van der Waals surface area (Å²) in [6.45, 7) is 0. The average molecular weight is 297 g/mol. The summed E-state index contributed by atoms with van der Waals surface area (Å²) in [4.78, 5) is 23.6. The molecule has 2 atom stereocenters. The number of halogens is 1. The normalized spacial score (nSPS) is 25.0. The maximum Gasteiger partial charge on any atom is 0.335 e. The summed E-state index contributed by atoms with van der Waals surface area (Å²) in [6.07, 6.45) is 0.612. The molecule has 0 bridgehead atoms. The molecule has 0 radical (unpaired) electrons.